The molecule has 0 aromatic carbocycles. The number of nitrogens with zero attached hydrogens (tertiary/aromatic N) is 1. The number of carbonyl (C=O) groups excluding carboxylic acids is 1. The van der Waals surface area contributed by atoms with Crippen molar-refractivity contribution >= 4 is 22.9 Å². The SMILES string of the molecule is CN1CC(=C=O)c2ccsc2C1. The minimum atomic E-state index is 0.729. The van der Waals surface area contributed by atoms with Crippen LogP contribution in [0, 0.1) is 0 Å². The Bertz CT molecular complexity index is 349. The van der Waals surface area contributed by atoms with Gasteiger partial charge in [0.1, 0.15) is 5.94 Å². The third-order valence-electron chi connectivity index (χ3n) is 2.04. The van der Waals surface area contributed by atoms with E-state index in [1.807, 2.05) is 24.4 Å². The lowest BCUT2D eigenvalue weighted by atomic mass is 10.0. The van der Waals surface area contributed by atoms with Crippen molar-refractivity contribution in [1.29, 1.82) is 0 Å². The fourth-order valence-corrected chi connectivity index (χ4v) is 2.46. The predicted molar refractivity (Wildman–Crippen MR) is 49.8 cm³/mol. The largest absolute Gasteiger partial charge is 0.296 e. The summed E-state index contributed by atoms with van der Waals surface area (Å²) in [4.78, 5) is 14.0. The van der Waals surface area contributed by atoms with Crippen LogP contribution in [-0.4, -0.2) is 24.4 Å². The molecule has 1 aromatic rings. The molecule has 0 saturated heterocycles. The van der Waals surface area contributed by atoms with E-state index in [9.17, 15) is 4.79 Å². The number of rotatable bonds is 0. The number of fused-ring (bicyclic) bond motifs is 1. The molecule has 1 aromatic heterocycles. The fraction of sp³-hybridized carbons (Fsp3) is 0.333. The molecule has 0 saturated carbocycles. The first-order valence-corrected chi connectivity index (χ1v) is 4.68. The van der Waals surface area contributed by atoms with Crippen LogP contribution < -0.4 is 0 Å². The van der Waals surface area contributed by atoms with Crippen molar-refractivity contribution in [1.82, 2.24) is 4.90 Å². The Hall–Kier alpha value is -0.890. The highest BCUT2D eigenvalue weighted by molar-refractivity contribution is 7.10. The van der Waals surface area contributed by atoms with E-state index < -0.39 is 0 Å². The van der Waals surface area contributed by atoms with Crippen LogP contribution in [0.15, 0.2) is 11.4 Å². The van der Waals surface area contributed by atoms with Crippen LogP contribution in [0.2, 0.25) is 0 Å². The average Bonchev–Trinajstić information content (AvgIpc) is 2.50. The maximum Gasteiger partial charge on any atom is 0.129 e. The van der Waals surface area contributed by atoms with E-state index in [-0.39, 0.29) is 0 Å². The monoisotopic (exact) mass is 179 g/mol. The number of likely N-dealkylation sites (N-methyl/N-ethyl adjacent to an activating group) is 1. The molecule has 0 unspecified atom stereocenters. The van der Waals surface area contributed by atoms with Crippen molar-refractivity contribution < 1.29 is 4.79 Å². The van der Waals surface area contributed by atoms with Crippen molar-refractivity contribution in [3.63, 3.8) is 0 Å². The highest BCUT2D eigenvalue weighted by atomic mass is 32.1. The smallest absolute Gasteiger partial charge is 0.129 e. The third kappa shape index (κ3) is 1.12. The Balaban J connectivity index is 2.52. The first kappa shape index (κ1) is 7.74. The molecule has 0 fully saturated rings. The van der Waals surface area contributed by atoms with Gasteiger partial charge in [-0.1, -0.05) is 0 Å². The number of hydrogen-bond acceptors (Lipinski definition) is 3. The van der Waals surface area contributed by atoms with Gasteiger partial charge < -0.3 is 0 Å². The normalized spacial score (nSPS) is 17.2. The molecule has 3 heteroatoms. The van der Waals surface area contributed by atoms with Gasteiger partial charge in [0.2, 0.25) is 0 Å². The quantitative estimate of drug-likeness (QED) is 0.561. The highest BCUT2D eigenvalue weighted by Gasteiger charge is 2.19. The maximum atomic E-state index is 10.6. The molecule has 0 amide bonds. The van der Waals surface area contributed by atoms with Crippen LogP contribution in [0.1, 0.15) is 10.4 Å². The van der Waals surface area contributed by atoms with Crippen molar-refractivity contribution in [2.24, 2.45) is 0 Å². The summed E-state index contributed by atoms with van der Waals surface area (Å²) >= 11 is 1.71. The molecule has 0 aliphatic carbocycles. The minimum absolute atomic E-state index is 0.729. The lowest BCUT2D eigenvalue weighted by Crippen LogP contribution is -2.24. The van der Waals surface area contributed by atoms with E-state index >= 15 is 0 Å². The Labute approximate surface area is 75.1 Å². The summed E-state index contributed by atoms with van der Waals surface area (Å²) in [6, 6.07) is 2.01. The molecule has 0 radical (unpaired) electrons. The lowest BCUT2D eigenvalue weighted by molar-refractivity contribution is 0.363. The zero-order valence-electron chi connectivity index (χ0n) is 6.83. The van der Waals surface area contributed by atoms with Crippen molar-refractivity contribution in [2.45, 2.75) is 6.54 Å². The summed E-state index contributed by atoms with van der Waals surface area (Å²) in [6.07, 6.45) is 0. The fourth-order valence-electron chi connectivity index (χ4n) is 1.48. The molecule has 0 N–H and O–H groups in total. The molecule has 12 heavy (non-hydrogen) atoms. The summed E-state index contributed by atoms with van der Waals surface area (Å²) in [6.45, 7) is 1.69. The molecule has 2 heterocycles. The van der Waals surface area contributed by atoms with Crippen LogP contribution in [0.25, 0.3) is 5.57 Å². The zero-order valence-corrected chi connectivity index (χ0v) is 7.65. The van der Waals surface area contributed by atoms with Gasteiger partial charge in [0.15, 0.2) is 0 Å². The molecule has 1 aliphatic rings. The van der Waals surface area contributed by atoms with Crippen LogP contribution >= 0.6 is 11.3 Å². The second-order valence-electron chi connectivity index (χ2n) is 3.01. The molecule has 2 rings (SSSR count). The van der Waals surface area contributed by atoms with E-state index in [0.717, 1.165) is 24.2 Å². The highest BCUT2D eigenvalue weighted by Crippen LogP contribution is 2.28. The standard InChI is InChI=1S/C9H9NOS/c1-10-4-7(6-11)8-2-3-12-9(8)5-10/h2-3H,4-5H2,1H3. The average molecular weight is 179 g/mol. The van der Waals surface area contributed by atoms with E-state index in [1.54, 1.807) is 11.3 Å². The molecular weight excluding hydrogens is 170 g/mol. The van der Waals surface area contributed by atoms with Crippen LogP contribution in [0.5, 0.6) is 0 Å². The summed E-state index contributed by atoms with van der Waals surface area (Å²) in [5, 5.41) is 2.03. The molecule has 0 spiro atoms. The van der Waals surface area contributed by atoms with Gasteiger partial charge in [-0.25, -0.2) is 4.79 Å². The summed E-state index contributed by atoms with van der Waals surface area (Å²) in [5.74, 6) is 2.01. The molecule has 0 bridgehead atoms. The van der Waals surface area contributed by atoms with Crippen LogP contribution in [0.3, 0.4) is 0 Å². The summed E-state index contributed by atoms with van der Waals surface area (Å²) < 4.78 is 0. The first-order valence-electron chi connectivity index (χ1n) is 3.80. The first-order chi connectivity index (χ1) is 5.81. The van der Waals surface area contributed by atoms with Gasteiger partial charge >= 0.3 is 0 Å². The molecule has 62 valence electrons. The van der Waals surface area contributed by atoms with Gasteiger partial charge in [-0.15, -0.1) is 11.3 Å². The Morgan fingerprint density at radius 2 is 2.42 bits per heavy atom. The van der Waals surface area contributed by atoms with Crippen molar-refractivity contribution in [2.75, 3.05) is 13.6 Å². The van der Waals surface area contributed by atoms with Gasteiger partial charge in [0.25, 0.3) is 0 Å². The van der Waals surface area contributed by atoms with E-state index in [4.69, 9.17) is 0 Å². The topological polar surface area (TPSA) is 20.3 Å². The Kier molecular flexibility index (Phi) is 1.85. The second-order valence-corrected chi connectivity index (χ2v) is 4.01. The van der Waals surface area contributed by atoms with Gasteiger partial charge in [0, 0.05) is 23.5 Å². The summed E-state index contributed by atoms with van der Waals surface area (Å²) in [7, 11) is 2.01. The molecular formula is C9H9NOS. The van der Waals surface area contributed by atoms with E-state index in [1.165, 1.54) is 4.88 Å². The summed E-state index contributed by atoms with van der Waals surface area (Å²) in [5.41, 5.74) is 1.90. The molecule has 0 atom stereocenters. The van der Waals surface area contributed by atoms with Crippen molar-refractivity contribution in [3.8, 4) is 0 Å². The van der Waals surface area contributed by atoms with Gasteiger partial charge in [-0.05, 0) is 18.5 Å². The van der Waals surface area contributed by atoms with Crippen LogP contribution in [-0.2, 0) is 11.3 Å². The number of hydrogen-bond donors (Lipinski definition) is 0. The predicted octanol–water partition coefficient (Wildman–Crippen LogP) is 1.41. The Morgan fingerprint density at radius 3 is 3.17 bits per heavy atom. The molecule has 2 nitrogen and oxygen atoms in total. The van der Waals surface area contributed by atoms with Gasteiger partial charge in [-0.2, -0.15) is 0 Å². The zero-order chi connectivity index (χ0) is 8.55. The van der Waals surface area contributed by atoms with Gasteiger partial charge in [-0.3, -0.25) is 4.90 Å². The second kappa shape index (κ2) is 2.87. The Morgan fingerprint density at radius 1 is 1.58 bits per heavy atom. The minimum Gasteiger partial charge on any atom is -0.296 e. The maximum absolute atomic E-state index is 10.6. The van der Waals surface area contributed by atoms with E-state index in [0.29, 0.717) is 0 Å². The number of thiophene rings is 1. The van der Waals surface area contributed by atoms with Gasteiger partial charge in [0.05, 0.1) is 5.57 Å². The third-order valence-corrected chi connectivity index (χ3v) is 2.94. The lowest BCUT2D eigenvalue weighted by Gasteiger charge is -2.22. The van der Waals surface area contributed by atoms with Crippen molar-refractivity contribution in [3.05, 3.63) is 21.9 Å². The van der Waals surface area contributed by atoms with E-state index in [2.05, 4.69) is 4.90 Å². The van der Waals surface area contributed by atoms with Crippen LogP contribution in [0.4, 0.5) is 0 Å². The molecule has 1 aliphatic heterocycles.